The molecule has 0 amide bonds. The number of ketones is 3. The highest BCUT2D eigenvalue weighted by atomic mass is 127. The summed E-state index contributed by atoms with van der Waals surface area (Å²) in [6, 6.07) is 25.0. The number of rotatable bonds is 28. The van der Waals surface area contributed by atoms with Crippen LogP contribution in [0.3, 0.4) is 0 Å². The molecule has 19 nitrogen and oxygen atoms in total. The monoisotopic (exact) mass is 2080 g/mol. The third-order valence-electron chi connectivity index (χ3n) is 15.9. The van der Waals surface area contributed by atoms with E-state index in [1.807, 2.05) is 104 Å². The van der Waals surface area contributed by atoms with Crippen LogP contribution in [-0.2, 0) is 63.7 Å². The molecule has 2 heterocycles. The number of halogens is 16. The smallest absolute Gasteiger partial charge is 0.336 e. The number of aromatic carboxylic acids is 1. The van der Waals surface area contributed by atoms with Gasteiger partial charge in [0, 0.05) is 85.5 Å². The van der Waals surface area contributed by atoms with Crippen molar-refractivity contribution in [2.45, 2.75) is 104 Å². The number of nitrogens with two attached hydrogens (primary N) is 1. The zero-order valence-electron chi connectivity index (χ0n) is 61.4. The number of hydrogen-bond donors (Lipinski definition) is 7. The van der Waals surface area contributed by atoms with Crippen LogP contribution in [-0.4, -0.2) is 169 Å². The van der Waals surface area contributed by atoms with Gasteiger partial charge in [-0.2, -0.15) is 0 Å². The van der Waals surface area contributed by atoms with Gasteiger partial charge in [0.2, 0.25) is 0 Å². The van der Waals surface area contributed by atoms with Crippen LogP contribution in [0.15, 0.2) is 121 Å². The molecular weight excluding hydrogens is 2000 g/mol. The van der Waals surface area contributed by atoms with Crippen molar-refractivity contribution in [2.75, 3.05) is 79.3 Å². The molecule has 115 heavy (non-hydrogen) atoms. The number of aliphatic hydroxyl groups excluding tert-OH is 5. The van der Waals surface area contributed by atoms with E-state index in [1.54, 1.807) is 45.0 Å². The molecule has 0 radical (unpaired) electrons. The molecule has 0 saturated carbocycles. The van der Waals surface area contributed by atoms with Gasteiger partial charge < -0.3 is 68.6 Å². The highest BCUT2D eigenvalue weighted by Crippen LogP contribution is 2.30. The Bertz CT molecular complexity index is 4440. The molecule has 35 heteroatoms. The van der Waals surface area contributed by atoms with Crippen LogP contribution in [0.25, 0.3) is 0 Å². The van der Waals surface area contributed by atoms with Crippen molar-refractivity contribution in [1.82, 2.24) is 0 Å². The fourth-order valence-corrected chi connectivity index (χ4v) is 12.3. The van der Waals surface area contributed by atoms with Crippen LogP contribution < -0.4 is 5.90 Å². The first-order chi connectivity index (χ1) is 53.8. The number of Topliss-reactive ketones (excluding diaryl/α,β-unsaturated/α-hetero) is 3. The van der Waals surface area contributed by atoms with Crippen molar-refractivity contribution >= 4 is 114 Å². The second-order valence-electron chi connectivity index (χ2n) is 25.5. The number of carboxylic acid groups (broad SMARTS) is 1. The summed E-state index contributed by atoms with van der Waals surface area (Å²) in [5, 5.41) is 52.3. The molecule has 0 spiro atoms. The number of carbonyl (C=O) groups is 4. The average molecular weight is 2080 g/mol. The average Bonchev–Trinajstić information content (AvgIpc) is 1.41. The van der Waals surface area contributed by atoms with E-state index in [4.69, 9.17) is 59.5 Å². The van der Waals surface area contributed by atoms with E-state index in [-0.39, 0.29) is 145 Å². The summed E-state index contributed by atoms with van der Waals surface area (Å²) >= 11 is 7.71. The fraction of sp³-hybridized carbons (Fsp3) is 0.350. The molecule has 8 N–H and O–H groups in total. The third kappa shape index (κ3) is 32.4. The van der Waals surface area contributed by atoms with Gasteiger partial charge in [-0.15, -0.1) is 0 Å². The van der Waals surface area contributed by atoms with Crippen molar-refractivity contribution in [3.63, 3.8) is 0 Å². The Morgan fingerprint density at radius 3 is 0.939 bits per heavy atom. The third-order valence-corrected chi connectivity index (χ3v) is 18.6. The molecule has 10 rings (SSSR count). The van der Waals surface area contributed by atoms with E-state index in [9.17, 15) is 82.1 Å². The number of benzene rings is 8. The zero-order chi connectivity index (χ0) is 84.9. The quantitative estimate of drug-likeness (QED) is 0.0104. The van der Waals surface area contributed by atoms with Gasteiger partial charge >= 0.3 is 5.97 Å². The largest absolute Gasteiger partial charge is 0.478 e. The molecule has 8 aromatic rings. The first-order valence-electron chi connectivity index (χ1n) is 34.1. The van der Waals surface area contributed by atoms with Gasteiger partial charge in [-0.3, -0.25) is 14.4 Å². The molecular formula is C80H83F12I4NO18. The molecule has 2 saturated heterocycles. The van der Waals surface area contributed by atoms with Gasteiger partial charge in [-0.05, 0) is 244 Å². The predicted octanol–water partition coefficient (Wildman–Crippen LogP) is 15.0. The zero-order valence-corrected chi connectivity index (χ0v) is 70.0. The van der Waals surface area contributed by atoms with Gasteiger partial charge in [0.05, 0.1) is 58.4 Å². The fourth-order valence-electron chi connectivity index (χ4n) is 10.5. The normalized spacial score (nSPS) is 14.8. The van der Waals surface area contributed by atoms with E-state index >= 15 is 0 Å². The first kappa shape index (κ1) is 101. The summed E-state index contributed by atoms with van der Waals surface area (Å²) < 4.78 is 207. The number of carboxylic acids is 1. The van der Waals surface area contributed by atoms with Gasteiger partial charge in [0.25, 0.3) is 0 Å². The molecule has 4 atom stereocenters. The molecule has 628 valence electrons. The first-order valence-corrected chi connectivity index (χ1v) is 38.4. The maximum Gasteiger partial charge on any atom is 0.336 e. The van der Waals surface area contributed by atoms with Crippen molar-refractivity contribution < 1.29 is 140 Å². The lowest BCUT2D eigenvalue weighted by molar-refractivity contribution is -0.145. The predicted molar refractivity (Wildman–Crippen MR) is 431 cm³/mol. The summed E-state index contributed by atoms with van der Waals surface area (Å²) in [6.45, 7) is 7.66. The molecule has 0 aliphatic carbocycles. The van der Waals surface area contributed by atoms with Crippen LogP contribution >= 0.6 is 90.4 Å². The molecule has 0 unspecified atom stereocenters. The summed E-state index contributed by atoms with van der Waals surface area (Å²) in [7, 11) is 0. The number of ether oxygens (including phenoxy) is 7. The van der Waals surface area contributed by atoms with Crippen molar-refractivity contribution in [3.05, 3.63) is 272 Å². The molecule has 8 aromatic carbocycles. The Balaban J connectivity index is 0.000000307. The van der Waals surface area contributed by atoms with Crippen LogP contribution in [0.5, 0.6) is 0 Å². The lowest BCUT2D eigenvalue weighted by Gasteiger charge is -2.17. The SMILES string of the molecule is C.CC1(C)OC[C@H](COCC(=O)c2ccc(F)c(F)c2Cc2ccc(I)cc2F)O1.CC1(C)OC[C@H](CON)O1.CCO.O=C(COC[C@H](O)CO)c1ccc(F)c(F)c1Cc1ccc(I)cc1F.O=C(COC[C@H](O)CO)c1ccc(F)c(F)c1Cc1ccc(I)cc1F.O=C(O)c1ccc(F)c(F)c1Cc1ccc(I)cc1F. The number of carbonyl (C=O) groups excluding carboxylic acids is 3. The number of hydrogen-bond acceptors (Lipinski definition) is 18. The summed E-state index contributed by atoms with van der Waals surface area (Å²) in [5.74, 6) is -11.2. The summed E-state index contributed by atoms with van der Waals surface area (Å²) in [5.41, 5.74) is -1.21. The maximum absolute atomic E-state index is 14.4. The van der Waals surface area contributed by atoms with Crippen LogP contribution in [0, 0.1) is 84.1 Å². The second-order valence-corrected chi connectivity index (χ2v) is 30.5. The Hall–Kier alpha value is -6.24. The van der Waals surface area contributed by atoms with Crippen LogP contribution in [0.4, 0.5) is 52.7 Å². The van der Waals surface area contributed by atoms with Gasteiger partial charge in [0.15, 0.2) is 75.5 Å². The van der Waals surface area contributed by atoms with Crippen LogP contribution in [0.2, 0.25) is 0 Å². The van der Waals surface area contributed by atoms with E-state index in [0.717, 1.165) is 42.5 Å². The molecule has 2 aliphatic heterocycles. The lowest BCUT2D eigenvalue weighted by Crippen LogP contribution is -2.25. The van der Waals surface area contributed by atoms with E-state index in [0.29, 0.717) is 34.1 Å². The van der Waals surface area contributed by atoms with Gasteiger partial charge in [-0.25, -0.2) is 63.4 Å². The molecule has 0 bridgehead atoms. The highest BCUT2D eigenvalue weighted by molar-refractivity contribution is 14.1. The Kier molecular flexibility index (Phi) is 43.4. The highest BCUT2D eigenvalue weighted by Gasteiger charge is 2.34. The second kappa shape index (κ2) is 49.3. The summed E-state index contributed by atoms with van der Waals surface area (Å²) in [4.78, 5) is 52.6. The lowest BCUT2D eigenvalue weighted by atomic mass is 9.96. The van der Waals surface area contributed by atoms with Crippen molar-refractivity contribution in [2.24, 2.45) is 5.90 Å². The minimum atomic E-state index is -1.38. The molecule has 0 aromatic heterocycles. The van der Waals surface area contributed by atoms with E-state index in [2.05, 4.69) is 4.84 Å². The van der Waals surface area contributed by atoms with E-state index in [1.165, 1.54) is 54.6 Å². The maximum atomic E-state index is 14.4. The molecule has 2 aliphatic rings. The minimum absolute atomic E-state index is 0. The minimum Gasteiger partial charge on any atom is -0.478 e. The van der Waals surface area contributed by atoms with Gasteiger partial charge in [-0.1, -0.05) is 31.7 Å². The van der Waals surface area contributed by atoms with E-state index < -0.39 is 143 Å². The van der Waals surface area contributed by atoms with Gasteiger partial charge in [0.1, 0.15) is 67.5 Å². The summed E-state index contributed by atoms with van der Waals surface area (Å²) in [6.07, 6.45) is -3.79. The Morgan fingerprint density at radius 2 is 0.696 bits per heavy atom. The topological polar surface area (TPSA) is 290 Å². The van der Waals surface area contributed by atoms with Crippen LogP contribution in [0.1, 0.15) is 128 Å². The van der Waals surface area contributed by atoms with Crippen molar-refractivity contribution in [1.29, 1.82) is 0 Å². The Labute approximate surface area is 709 Å². The Morgan fingerprint density at radius 1 is 0.435 bits per heavy atom. The molecule has 2 fully saturated rings. The van der Waals surface area contributed by atoms with Crippen molar-refractivity contribution in [3.8, 4) is 0 Å². The standard InChI is InChI=1S/C21H20F3IO4.2C18H16F3IO4.C14H8F3IO2.C6H13NO3.C2H6O.CH4/c1-21(2)28-10-14(29-21)9-27-11-19(26)15-5-6-17(22)20(24)16(15)7-12-3-4-13(25)8-18(12)23;2*19-15-4-3-13(17(25)9-26-8-12(24)7-23)14(18(15)21)5-10-1-2-11(22)6-16(10)20;15-11-4-3-9(14(19)20)10(13(11)17)5-7-1-2-8(18)6-12(7)16;1-6(2)8-3-5(10-6)4-9-7;1-2-3;/h3-6,8,14H,7,9-11H2,1-2H3;2*1-4,6,12,23-24H,5,7-9H2;1-4,6H,5H2,(H,19,20);5H,3-4,7H2,1-2H3;3H,2H2,1H3;1H4/t14-;2*12-;;5-;;/m011.1../s1. The number of aliphatic hydroxyl groups is 5.